The van der Waals surface area contributed by atoms with E-state index in [4.69, 9.17) is 4.74 Å². The summed E-state index contributed by atoms with van der Waals surface area (Å²) in [5, 5.41) is 3.60. The van der Waals surface area contributed by atoms with E-state index >= 15 is 0 Å². The topological polar surface area (TPSA) is 24.5 Å². The molecule has 3 aliphatic rings. The number of hydrogen-bond acceptors (Lipinski definition) is 4. The quantitative estimate of drug-likeness (QED) is 0.864. The van der Waals surface area contributed by atoms with Crippen LogP contribution >= 0.6 is 11.8 Å². The maximum atomic E-state index is 5.97. The molecule has 1 fully saturated rings. The monoisotopic (exact) mass is 366 g/mol. The van der Waals surface area contributed by atoms with Gasteiger partial charge in [0, 0.05) is 46.8 Å². The molecule has 4 heteroatoms. The maximum Gasteiger partial charge on any atom is 0.127 e. The minimum Gasteiger partial charge on any atom is -0.493 e. The fraction of sp³-hybridized carbons (Fsp3) is 0.455. The summed E-state index contributed by atoms with van der Waals surface area (Å²) >= 11 is 2.04. The fourth-order valence-corrected chi connectivity index (χ4v) is 6.15. The number of hydrogen-bond donors (Lipinski definition) is 1. The largest absolute Gasteiger partial charge is 0.493 e. The Hall–Kier alpha value is -1.65. The number of thioether (sulfide) groups is 1. The molecule has 5 rings (SSSR count). The zero-order chi connectivity index (χ0) is 17.5. The molecule has 2 unspecified atom stereocenters. The third kappa shape index (κ3) is 2.54. The van der Waals surface area contributed by atoms with Gasteiger partial charge < -0.3 is 15.0 Å². The van der Waals surface area contributed by atoms with E-state index in [-0.39, 0.29) is 0 Å². The predicted molar refractivity (Wildman–Crippen MR) is 110 cm³/mol. The number of nitrogens with one attached hydrogen (secondary N) is 1. The van der Waals surface area contributed by atoms with Gasteiger partial charge in [-0.25, -0.2) is 0 Å². The highest BCUT2D eigenvalue weighted by atomic mass is 32.2. The van der Waals surface area contributed by atoms with Gasteiger partial charge in [-0.3, -0.25) is 0 Å². The Bertz CT molecular complexity index is 822. The summed E-state index contributed by atoms with van der Waals surface area (Å²) in [6.07, 6.45) is 2.55. The van der Waals surface area contributed by atoms with Crippen molar-refractivity contribution in [1.82, 2.24) is 5.32 Å². The van der Waals surface area contributed by atoms with E-state index in [9.17, 15) is 0 Å². The van der Waals surface area contributed by atoms with Crippen LogP contribution in [0.4, 0.5) is 5.69 Å². The molecular formula is C22H26N2OS. The van der Waals surface area contributed by atoms with Crippen molar-refractivity contribution in [2.45, 2.75) is 36.6 Å². The molecule has 3 nitrogen and oxygen atoms in total. The lowest BCUT2D eigenvalue weighted by Crippen LogP contribution is -2.35. The molecule has 1 saturated heterocycles. The van der Waals surface area contributed by atoms with Crippen LogP contribution < -0.4 is 15.0 Å². The maximum absolute atomic E-state index is 5.97. The molecule has 26 heavy (non-hydrogen) atoms. The minimum atomic E-state index is 0.653. The van der Waals surface area contributed by atoms with E-state index in [2.05, 4.69) is 53.5 Å². The van der Waals surface area contributed by atoms with Crippen LogP contribution in [0.1, 0.15) is 31.2 Å². The van der Waals surface area contributed by atoms with Crippen molar-refractivity contribution in [3.63, 3.8) is 0 Å². The third-order valence-corrected chi connectivity index (χ3v) is 7.12. The standard InChI is InChI=1S/C22H26N2OS/c1-2-25-19-6-4-3-5-15(19)16-7-8-20-21-17(10-14-26-20)18-9-11-23-12-13-24(18)22(16)21/h3-8,17-18,23H,2,9-14H2,1H3. The molecule has 2 aromatic rings. The second-order valence-corrected chi connectivity index (χ2v) is 8.48. The number of rotatable bonds is 3. The SMILES string of the molecule is CCOc1ccccc1-c1ccc2c3c1N1CCNCCC1C3CCS2. The summed E-state index contributed by atoms with van der Waals surface area (Å²) in [6.45, 7) is 6.08. The van der Waals surface area contributed by atoms with E-state index in [1.165, 1.54) is 40.3 Å². The van der Waals surface area contributed by atoms with Gasteiger partial charge in [0.1, 0.15) is 5.75 Å². The lowest BCUT2D eigenvalue weighted by Gasteiger charge is -2.29. The Morgan fingerprint density at radius 3 is 2.96 bits per heavy atom. The van der Waals surface area contributed by atoms with Crippen LogP contribution in [0.15, 0.2) is 41.3 Å². The van der Waals surface area contributed by atoms with E-state index in [1.807, 2.05) is 11.8 Å². The number of benzene rings is 2. The summed E-state index contributed by atoms with van der Waals surface area (Å²) in [4.78, 5) is 4.22. The van der Waals surface area contributed by atoms with Crippen molar-refractivity contribution in [3.05, 3.63) is 42.0 Å². The van der Waals surface area contributed by atoms with Gasteiger partial charge in [-0.2, -0.15) is 0 Å². The number of ether oxygens (including phenoxy) is 1. The predicted octanol–water partition coefficient (Wildman–Crippen LogP) is 4.51. The highest BCUT2D eigenvalue weighted by molar-refractivity contribution is 7.99. The highest BCUT2D eigenvalue weighted by Gasteiger charge is 2.43. The van der Waals surface area contributed by atoms with Crippen LogP contribution in [0.5, 0.6) is 5.75 Å². The molecule has 3 heterocycles. The molecule has 2 atom stereocenters. The van der Waals surface area contributed by atoms with Gasteiger partial charge in [0.05, 0.1) is 6.61 Å². The van der Waals surface area contributed by atoms with Gasteiger partial charge in [-0.05, 0) is 49.8 Å². The molecule has 0 aromatic heterocycles. The lowest BCUT2D eigenvalue weighted by molar-refractivity contribution is 0.341. The Kier molecular flexibility index (Phi) is 4.33. The zero-order valence-corrected chi connectivity index (χ0v) is 16.1. The lowest BCUT2D eigenvalue weighted by atomic mass is 9.88. The van der Waals surface area contributed by atoms with Crippen LogP contribution in [0.2, 0.25) is 0 Å². The van der Waals surface area contributed by atoms with Crippen molar-refractivity contribution >= 4 is 17.4 Å². The van der Waals surface area contributed by atoms with Crippen LogP contribution in [0.3, 0.4) is 0 Å². The van der Waals surface area contributed by atoms with Gasteiger partial charge in [-0.1, -0.05) is 24.3 Å². The molecular weight excluding hydrogens is 340 g/mol. The van der Waals surface area contributed by atoms with Crippen molar-refractivity contribution in [1.29, 1.82) is 0 Å². The average Bonchev–Trinajstić information content (AvgIpc) is 2.83. The van der Waals surface area contributed by atoms with Crippen molar-refractivity contribution in [3.8, 4) is 16.9 Å². The van der Waals surface area contributed by atoms with Gasteiger partial charge >= 0.3 is 0 Å². The smallest absolute Gasteiger partial charge is 0.127 e. The van der Waals surface area contributed by atoms with Gasteiger partial charge in [0.2, 0.25) is 0 Å². The second kappa shape index (κ2) is 6.82. The molecule has 2 aromatic carbocycles. The van der Waals surface area contributed by atoms with Crippen molar-refractivity contribution in [2.24, 2.45) is 0 Å². The van der Waals surface area contributed by atoms with Crippen LogP contribution in [-0.4, -0.2) is 38.0 Å². The molecule has 0 spiro atoms. The van der Waals surface area contributed by atoms with Crippen molar-refractivity contribution < 1.29 is 4.74 Å². The second-order valence-electron chi connectivity index (χ2n) is 7.35. The summed E-state index contributed by atoms with van der Waals surface area (Å²) < 4.78 is 5.97. The van der Waals surface area contributed by atoms with Crippen LogP contribution in [0.25, 0.3) is 11.1 Å². The van der Waals surface area contributed by atoms with E-state index < -0.39 is 0 Å². The first kappa shape index (κ1) is 16.5. The first-order chi connectivity index (χ1) is 12.9. The van der Waals surface area contributed by atoms with Crippen LogP contribution in [-0.2, 0) is 0 Å². The Morgan fingerprint density at radius 1 is 1.12 bits per heavy atom. The number of fused-ring (bicyclic) bond motifs is 3. The Morgan fingerprint density at radius 2 is 2.04 bits per heavy atom. The number of nitrogens with zero attached hydrogens (tertiary/aromatic N) is 1. The molecule has 0 bridgehead atoms. The van der Waals surface area contributed by atoms with Gasteiger partial charge in [-0.15, -0.1) is 11.8 Å². The molecule has 3 aliphatic heterocycles. The van der Waals surface area contributed by atoms with Crippen molar-refractivity contribution in [2.75, 3.05) is 36.9 Å². The summed E-state index contributed by atoms with van der Waals surface area (Å²) in [5.74, 6) is 2.95. The van der Waals surface area contributed by atoms with E-state index in [0.717, 1.165) is 25.4 Å². The average molecular weight is 367 g/mol. The molecule has 136 valence electrons. The van der Waals surface area contributed by atoms with Crippen LogP contribution in [0, 0.1) is 0 Å². The molecule has 0 aliphatic carbocycles. The Balaban J connectivity index is 1.71. The first-order valence-electron chi connectivity index (χ1n) is 9.87. The number of para-hydroxylation sites is 1. The Labute approximate surface area is 160 Å². The zero-order valence-electron chi connectivity index (χ0n) is 15.3. The minimum absolute atomic E-state index is 0.653. The summed E-state index contributed by atoms with van der Waals surface area (Å²) in [7, 11) is 0. The molecule has 0 radical (unpaired) electrons. The molecule has 0 saturated carbocycles. The molecule has 0 amide bonds. The first-order valence-corrected chi connectivity index (χ1v) is 10.9. The van der Waals surface area contributed by atoms with E-state index in [1.54, 1.807) is 5.56 Å². The number of anilines is 1. The summed E-state index contributed by atoms with van der Waals surface area (Å²) in [6, 6.07) is 13.9. The normalized spacial score (nSPS) is 24.0. The third-order valence-electron chi connectivity index (χ3n) is 6.01. The fourth-order valence-electron chi connectivity index (χ4n) is 4.99. The highest BCUT2D eigenvalue weighted by Crippen LogP contribution is 2.55. The van der Waals surface area contributed by atoms with Gasteiger partial charge in [0.15, 0.2) is 0 Å². The molecule has 1 N–H and O–H groups in total. The van der Waals surface area contributed by atoms with E-state index in [0.29, 0.717) is 18.6 Å². The van der Waals surface area contributed by atoms with Gasteiger partial charge in [0.25, 0.3) is 0 Å². The summed E-state index contributed by atoms with van der Waals surface area (Å²) in [5.41, 5.74) is 5.70.